The second kappa shape index (κ2) is 10.4. The first-order valence-corrected chi connectivity index (χ1v) is 12.1. The van der Waals surface area contributed by atoms with Crippen molar-refractivity contribution >= 4 is 56.5 Å². The van der Waals surface area contributed by atoms with Gasteiger partial charge in [-0.3, -0.25) is 8.51 Å². The smallest absolute Gasteiger partial charge is 0.327 e. The molecule has 0 aliphatic carbocycles. The van der Waals surface area contributed by atoms with Crippen molar-refractivity contribution in [2.75, 3.05) is 4.31 Å². The minimum atomic E-state index is -2.75. The van der Waals surface area contributed by atoms with Crippen LogP contribution in [0.5, 0.6) is 0 Å². The summed E-state index contributed by atoms with van der Waals surface area (Å²) in [6.45, 7) is 0. The summed E-state index contributed by atoms with van der Waals surface area (Å²) in [4.78, 5) is 12.0. The molecule has 0 saturated carbocycles. The maximum Gasteiger partial charge on any atom is 0.327 e. The first-order valence-electron chi connectivity index (χ1n) is 10.7. The molecule has 6 nitrogen and oxygen atoms in total. The van der Waals surface area contributed by atoms with Crippen LogP contribution in [-0.4, -0.2) is 25.9 Å². The number of carbonyl (C=O) groups is 1. The normalized spacial score (nSPS) is 13.3. The molecule has 0 spiro atoms. The van der Waals surface area contributed by atoms with Crippen LogP contribution in [0.15, 0.2) is 71.1 Å². The summed E-state index contributed by atoms with van der Waals surface area (Å²) in [5.41, 5.74) is 2.77. The van der Waals surface area contributed by atoms with Crippen molar-refractivity contribution in [2.24, 2.45) is 0 Å². The van der Waals surface area contributed by atoms with E-state index in [0.717, 1.165) is 39.9 Å². The van der Waals surface area contributed by atoms with E-state index in [1.807, 2.05) is 48.5 Å². The van der Waals surface area contributed by atoms with Crippen LogP contribution in [0.1, 0.15) is 31.2 Å². The number of carboxylic acids is 1. The van der Waals surface area contributed by atoms with Gasteiger partial charge in [-0.1, -0.05) is 54.8 Å². The summed E-state index contributed by atoms with van der Waals surface area (Å²) in [5.74, 6) is -1.17. The van der Waals surface area contributed by atoms with E-state index >= 15 is 0 Å². The number of aryl methyl sites for hydroxylation is 1. The van der Waals surface area contributed by atoms with Crippen molar-refractivity contribution in [3.63, 3.8) is 0 Å². The van der Waals surface area contributed by atoms with Crippen LogP contribution in [-0.2, 0) is 22.5 Å². The third kappa shape index (κ3) is 5.38. The number of furan rings is 1. The number of hydrogen-bond donors (Lipinski definition) is 1. The number of unbranched alkanes of at least 4 members (excludes halogenated alkanes) is 2. The summed E-state index contributed by atoms with van der Waals surface area (Å²) in [6.07, 6.45) is 3.33. The maximum absolute atomic E-state index is 12.1. The summed E-state index contributed by atoms with van der Waals surface area (Å²) in [6, 6.07) is 18.8. The van der Waals surface area contributed by atoms with Gasteiger partial charge < -0.3 is 14.1 Å². The molecule has 2 atom stereocenters. The third-order valence-electron chi connectivity index (χ3n) is 5.70. The van der Waals surface area contributed by atoms with E-state index in [1.54, 1.807) is 18.2 Å². The van der Waals surface area contributed by atoms with Crippen LogP contribution in [0, 0.1) is 0 Å². The van der Waals surface area contributed by atoms with Crippen molar-refractivity contribution in [1.82, 2.24) is 0 Å². The minimum Gasteiger partial charge on any atom is -0.755 e. The molecule has 0 bridgehead atoms. The highest BCUT2D eigenvalue weighted by Gasteiger charge is 2.27. The van der Waals surface area contributed by atoms with Crippen molar-refractivity contribution in [2.45, 2.75) is 38.1 Å². The van der Waals surface area contributed by atoms with Gasteiger partial charge in [0.15, 0.2) is 0 Å². The van der Waals surface area contributed by atoms with E-state index in [2.05, 4.69) is 0 Å². The zero-order valence-electron chi connectivity index (χ0n) is 17.8. The van der Waals surface area contributed by atoms with Crippen molar-refractivity contribution in [1.29, 1.82) is 0 Å². The Bertz CT molecular complexity index is 1290. The zero-order chi connectivity index (χ0) is 23.4. The number of anilines is 1. The Morgan fingerprint density at radius 3 is 2.45 bits per heavy atom. The fraction of sp³-hybridized carbons (Fsp3) is 0.240. The average Bonchev–Trinajstić information content (AvgIpc) is 3.17. The molecule has 0 amide bonds. The molecule has 1 N–H and O–H groups in total. The van der Waals surface area contributed by atoms with Gasteiger partial charge in [-0.25, -0.2) is 4.79 Å². The van der Waals surface area contributed by atoms with Gasteiger partial charge in [-0.05, 0) is 61.2 Å². The number of aliphatic carboxylic acids is 1. The Hall–Kier alpha value is -2.87. The lowest BCUT2D eigenvalue weighted by atomic mass is 10.0. The molecule has 8 heteroatoms. The van der Waals surface area contributed by atoms with Crippen LogP contribution in [0.25, 0.3) is 21.9 Å². The number of benzene rings is 3. The van der Waals surface area contributed by atoms with Gasteiger partial charge in [-0.15, -0.1) is 0 Å². The highest BCUT2D eigenvalue weighted by molar-refractivity contribution is 7.80. The lowest BCUT2D eigenvalue weighted by molar-refractivity contribution is -0.138. The van der Waals surface area contributed by atoms with E-state index in [-0.39, 0.29) is 6.42 Å². The summed E-state index contributed by atoms with van der Waals surface area (Å²) < 4.78 is 31.0. The van der Waals surface area contributed by atoms with E-state index in [0.29, 0.717) is 28.3 Å². The molecule has 1 heterocycles. The molecule has 33 heavy (non-hydrogen) atoms. The fourth-order valence-electron chi connectivity index (χ4n) is 4.06. The second-order valence-corrected chi connectivity index (χ2v) is 9.17. The van der Waals surface area contributed by atoms with Crippen LogP contribution in [0.4, 0.5) is 5.69 Å². The number of carboxylic acid groups (broad SMARTS) is 1. The number of halogens is 1. The molecule has 2 unspecified atom stereocenters. The van der Waals surface area contributed by atoms with Gasteiger partial charge in [0.2, 0.25) is 0 Å². The van der Waals surface area contributed by atoms with Crippen LogP contribution < -0.4 is 4.31 Å². The van der Waals surface area contributed by atoms with Gasteiger partial charge in [0.1, 0.15) is 17.2 Å². The predicted molar refractivity (Wildman–Crippen MR) is 130 cm³/mol. The van der Waals surface area contributed by atoms with Crippen LogP contribution in [0.3, 0.4) is 0 Å². The van der Waals surface area contributed by atoms with E-state index in [9.17, 15) is 18.7 Å². The lowest BCUT2D eigenvalue weighted by Crippen LogP contribution is -2.42. The molecule has 0 radical (unpaired) electrons. The van der Waals surface area contributed by atoms with Gasteiger partial charge in [0, 0.05) is 27.1 Å². The molecular formula is C25H23ClNO5S-. The van der Waals surface area contributed by atoms with E-state index < -0.39 is 23.3 Å². The highest BCUT2D eigenvalue weighted by atomic mass is 35.5. The first kappa shape index (κ1) is 23.3. The molecule has 0 aliphatic heterocycles. The molecule has 0 saturated heterocycles. The van der Waals surface area contributed by atoms with Crippen LogP contribution in [0.2, 0.25) is 5.02 Å². The Labute approximate surface area is 199 Å². The fourth-order valence-corrected chi connectivity index (χ4v) is 4.87. The molecule has 4 rings (SSSR count). The zero-order valence-corrected chi connectivity index (χ0v) is 19.3. The van der Waals surface area contributed by atoms with Crippen molar-refractivity contribution < 1.29 is 23.1 Å². The number of hydrogen-bond acceptors (Lipinski definition) is 4. The molecule has 3 aromatic carbocycles. The minimum absolute atomic E-state index is 0.216. The summed E-state index contributed by atoms with van der Waals surface area (Å²) in [5, 5.41) is 12.1. The second-order valence-electron chi connectivity index (χ2n) is 7.90. The first-order chi connectivity index (χ1) is 15.9. The summed E-state index contributed by atoms with van der Waals surface area (Å²) in [7, 11) is 0. The standard InChI is InChI=1S/C25H24ClNO5S/c26-18-12-10-17(11-13-18)6-2-1-3-8-22(25(28)29)27(33(30)31)19-14-15-24-21(16-19)20-7-4-5-9-23(20)32-24/h4-5,7,9-16,22H,1-3,6,8H2,(H,28,29)(H,30,31)/p-1. The Morgan fingerprint density at radius 2 is 1.73 bits per heavy atom. The summed E-state index contributed by atoms with van der Waals surface area (Å²) >= 11 is 3.15. The molecule has 0 fully saturated rings. The molecule has 0 aliphatic rings. The van der Waals surface area contributed by atoms with Crippen molar-refractivity contribution in [3.8, 4) is 0 Å². The van der Waals surface area contributed by atoms with Crippen molar-refractivity contribution in [3.05, 3.63) is 77.3 Å². The van der Waals surface area contributed by atoms with Gasteiger partial charge in [0.05, 0.1) is 5.69 Å². The molecular weight excluding hydrogens is 462 g/mol. The van der Waals surface area contributed by atoms with Crippen LogP contribution >= 0.6 is 11.6 Å². The van der Waals surface area contributed by atoms with Gasteiger partial charge in [0.25, 0.3) is 0 Å². The molecule has 1 aromatic heterocycles. The monoisotopic (exact) mass is 484 g/mol. The largest absolute Gasteiger partial charge is 0.755 e. The highest BCUT2D eigenvalue weighted by Crippen LogP contribution is 2.33. The topological polar surface area (TPSA) is 93.8 Å². The number of fused-ring (bicyclic) bond motifs is 3. The van der Waals surface area contributed by atoms with Gasteiger partial charge in [-0.2, -0.15) is 0 Å². The third-order valence-corrected chi connectivity index (χ3v) is 6.74. The average molecular weight is 485 g/mol. The quantitative estimate of drug-likeness (QED) is 0.217. The number of nitrogens with zero attached hydrogens (tertiary/aromatic N) is 1. The predicted octanol–water partition coefficient (Wildman–Crippen LogP) is 6.10. The number of para-hydroxylation sites is 1. The molecule has 172 valence electrons. The lowest BCUT2D eigenvalue weighted by Gasteiger charge is -2.32. The van der Waals surface area contributed by atoms with Gasteiger partial charge >= 0.3 is 5.97 Å². The Morgan fingerprint density at radius 1 is 1.00 bits per heavy atom. The number of rotatable bonds is 10. The van der Waals surface area contributed by atoms with E-state index in [1.165, 1.54) is 0 Å². The Kier molecular flexibility index (Phi) is 7.33. The Balaban J connectivity index is 1.48. The SMILES string of the molecule is O=C(O)C(CCCCCc1ccc(Cl)cc1)N(c1ccc2oc3ccccc3c2c1)S(=O)[O-]. The molecule has 4 aromatic rings. The maximum atomic E-state index is 12.1. The van der Waals surface area contributed by atoms with E-state index in [4.69, 9.17) is 16.0 Å².